The van der Waals surface area contributed by atoms with Gasteiger partial charge in [-0.1, -0.05) is 39.0 Å². The second-order valence-electron chi connectivity index (χ2n) is 4.16. The Bertz CT molecular complexity index is 304. The summed E-state index contributed by atoms with van der Waals surface area (Å²) in [4.78, 5) is 4.06. The van der Waals surface area contributed by atoms with Crippen molar-refractivity contribution in [2.45, 2.75) is 51.6 Å². The third-order valence-electron chi connectivity index (χ3n) is 2.69. The van der Waals surface area contributed by atoms with E-state index in [1.807, 2.05) is 6.07 Å². The van der Waals surface area contributed by atoms with Crippen molar-refractivity contribution < 1.29 is 5.11 Å². The number of aliphatic hydroxyl groups excluding tert-OH is 1. The summed E-state index contributed by atoms with van der Waals surface area (Å²) in [5.41, 5.74) is 0.907. The van der Waals surface area contributed by atoms with Gasteiger partial charge in [0.25, 0.3) is 0 Å². The minimum atomic E-state index is -0.369. The van der Waals surface area contributed by atoms with E-state index in [1.54, 1.807) is 12.4 Å². The van der Waals surface area contributed by atoms with Gasteiger partial charge in [0.2, 0.25) is 0 Å². The molecule has 1 heterocycles. The van der Waals surface area contributed by atoms with Crippen molar-refractivity contribution in [2.24, 2.45) is 0 Å². The van der Waals surface area contributed by atoms with E-state index in [4.69, 9.17) is 0 Å². The highest BCUT2D eigenvalue weighted by atomic mass is 79.9. The minimum absolute atomic E-state index is 0.369. The van der Waals surface area contributed by atoms with E-state index in [2.05, 4.69) is 27.8 Å². The van der Waals surface area contributed by atoms with E-state index >= 15 is 0 Å². The van der Waals surface area contributed by atoms with Gasteiger partial charge >= 0.3 is 0 Å². The third kappa shape index (κ3) is 5.08. The van der Waals surface area contributed by atoms with Crippen molar-refractivity contribution in [3.8, 4) is 0 Å². The molecule has 1 aromatic heterocycles. The van der Waals surface area contributed by atoms with E-state index in [1.165, 1.54) is 25.7 Å². The number of pyridine rings is 1. The van der Waals surface area contributed by atoms with Crippen LogP contribution >= 0.6 is 15.9 Å². The molecule has 0 aromatic carbocycles. The van der Waals surface area contributed by atoms with Crippen LogP contribution in [0.2, 0.25) is 0 Å². The Balaban J connectivity index is 2.27. The smallest absolute Gasteiger partial charge is 0.0805 e. The van der Waals surface area contributed by atoms with E-state index in [0.717, 1.165) is 22.9 Å². The number of aliphatic hydroxyl groups is 1. The van der Waals surface area contributed by atoms with Gasteiger partial charge in [0, 0.05) is 16.9 Å². The molecular formula is C13H20BrNO. The Labute approximate surface area is 106 Å². The Hall–Kier alpha value is -0.410. The van der Waals surface area contributed by atoms with Gasteiger partial charge in [-0.15, -0.1) is 0 Å². The molecule has 0 amide bonds. The maximum atomic E-state index is 9.94. The lowest BCUT2D eigenvalue weighted by atomic mass is 10.0. The fourth-order valence-electron chi connectivity index (χ4n) is 1.72. The van der Waals surface area contributed by atoms with Crippen LogP contribution in [0.3, 0.4) is 0 Å². The first-order valence-electron chi connectivity index (χ1n) is 6.02. The molecule has 1 rings (SSSR count). The van der Waals surface area contributed by atoms with Crippen LogP contribution in [0.15, 0.2) is 22.9 Å². The Morgan fingerprint density at radius 1 is 1.25 bits per heavy atom. The average molecular weight is 286 g/mol. The molecule has 3 heteroatoms. The number of rotatable bonds is 7. The zero-order valence-electron chi connectivity index (χ0n) is 9.82. The fourth-order valence-corrected chi connectivity index (χ4v) is 2.10. The predicted octanol–water partition coefficient (Wildman–Crippen LogP) is 4.24. The Kier molecular flexibility index (Phi) is 6.65. The SMILES string of the molecule is CCCCCCCC(O)c1cncc(Br)c1. The molecule has 0 aliphatic rings. The number of hydrogen-bond acceptors (Lipinski definition) is 2. The normalized spacial score (nSPS) is 12.7. The topological polar surface area (TPSA) is 33.1 Å². The van der Waals surface area contributed by atoms with Crippen molar-refractivity contribution >= 4 is 15.9 Å². The number of unbranched alkanes of at least 4 members (excludes halogenated alkanes) is 4. The van der Waals surface area contributed by atoms with Crippen molar-refractivity contribution in [1.82, 2.24) is 4.98 Å². The summed E-state index contributed by atoms with van der Waals surface area (Å²) in [6.07, 6.45) is 10.1. The highest BCUT2D eigenvalue weighted by Gasteiger charge is 2.07. The van der Waals surface area contributed by atoms with Gasteiger partial charge in [-0.2, -0.15) is 0 Å². The van der Waals surface area contributed by atoms with Crippen LogP contribution in [0.1, 0.15) is 57.1 Å². The molecule has 1 aromatic rings. The first kappa shape index (κ1) is 13.7. The van der Waals surface area contributed by atoms with Crippen LogP contribution < -0.4 is 0 Å². The molecule has 16 heavy (non-hydrogen) atoms. The molecule has 0 aliphatic heterocycles. The summed E-state index contributed by atoms with van der Waals surface area (Å²) in [6.45, 7) is 2.21. The molecule has 0 radical (unpaired) electrons. The summed E-state index contributed by atoms with van der Waals surface area (Å²) in [5.74, 6) is 0. The molecule has 2 nitrogen and oxygen atoms in total. The molecule has 1 N–H and O–H groups in total. The highest BCUT2D eigenvalue weighted by molar-refractivity contribution is 9.10. The maximum absolute atomic E-state index is 9.94. The molecule has 90 valence electrons. The van der Waals surface area contributed by atoms with E-state index in [-0.39, 0.29) is 6.10 Å². The first-order valence-corrected chi connectivity index (χ1v) is 6.82. The molecule has 0 aliphatic carbocycles. The van der Waals surface area contributed by atoms with Gasteiger partial charge in [-0.3, -0.25) is 4.98 Å². The van der Waals surface area contributed by atoms with E-state index < -0.39 is 0 Å². The minimum Gasteiger partial charge on any atom is -0.388 e. The molecular weight excluding hydrogens is 266 g/mol. The highest BCUT2D eigenvalue weighted by Crippen LogP contribution is 2.21. The van der Waals surface area contributed by atoms with E-state index in [9.17, 15) is 5.11 Å². The standard InChI is InChI=1S/C13H20BrNO/c1-2-3-4-5-6-7-13(16)11-8-12(14)10-15-9-11/h8-10,13,16H,2-7H2,1H3. The van der Waals surface area contributed by atoms with Crippen molar-refractivity contribution in [3.05, 3.63) is 28.5 Å². The van der Waals surface area contributed by atoms with Gasteiger partial charge in [-0.25, -0.2) is 0 Å². The predicted molar refractivity (Wildman–Crippen MR) is 70.3 cm³/mol. The summed E-state index contributed by atoms with van der Waals surface area (Å²) in [7, 11) is 0. The fraction of sp³-hybridized carbons (Fsp3) is 0.615. The van der Waals surface area contributed by atoms with Gasteiger partial charge in [0.1, 0.15) is 0 Å². The van der Waals surface area contributed by atoms with E-state index in [0.29, 0.717) is 0 Å². The summed E-state index contributed by atoms with van der Waals surface area (Å²) >= 11 is 3.36. The van der Waals surface area contributed by atoms with Gasteiger partial charge < -0.3 is 5.11 Å². The van der Waals surface area contributed by atoms with Crippen LogP contribution in [-0.2, 0) is 0 Å². The molecule has 0 bridgehead atoms. The quantitative estimate of drug-likeness (QED) is 0.760. The van der Waals surface area contributed by atoms with Crippen molar-refractivity contribution in [1.29, 1.82) is 0 Å². The van der Waals surface area contributed by atoms with Gasteiger partial charge in [0.05, 0.1) is 6.10 Å². The molecule has 0 spiro atoms. The van der Waals surface area contributed by atoms with Crippen LogP contribution in [0, 0.1) is 0 Å². The molecule has 1 atom stereocenters. The van der Waals surface area contributed by atoms with Crippen molar-refractivity contribution in [3.63, 3.8) is 0 Å². The second-order valence-corrected chi connectivity index (χ2v) is 5.07. The average Bonchev–Trinajstić information content (AvgIpc) is 2.28. The number of nitrogens with zero attached hydrogens (tertiary/aromatic N) is 1. The first-order chi connectivity index (χ1) is 7.74. The lowest BCUT2D eigenvalue weighted by molar-refractivity contribution is 0.163. The zero-order chi connectivity index (χ0) is 11.8. The number of aromatic nitrogens is 1. The third-order valence-corrected chi connectivity index (χ3v) is 3.13. The lowest BCUT2D eigenvalue weighted by Gasteiger charge is -2.10. The van der Waals surface area contributed by atoms with Crippen LogP contribution in [0.25, 0.3) is 0 Å². The Morgan fingerprint density at radius 2 is 2.00 bits per heavy atom. The molecule has 0 saturated carbocycles. The van der Waals surface area contributed by atoms with Crippen LogP contribution in [0.4, 0.5) is 0 Å². The number of halogens is 1. The largest absolute Gasteiger partial charge is 0.388 e. The Morgan fingerprint density at radius 3 is 2.69 bits per heavy atom. The molecule has 0 fully saturated rings. The number of hydrogen-bond donors (Lipinski definition) is 1. The van der Waals surface area contributed by atoms with Crippen LogP contribution in [0.5, 0.6) is 0 Å². The van der Waals surface area contributed by atoms with Gasteiger partial charge in [-0.05, 0) is 34.0 Å². The van der Waals surface area contributed by atoms with Gasteiger partial charge in [0.15, 0.2) is 0 Å². The summed E-state index contributed by atoms with van der Waals surface area (Å²) < 4.78 is 0.926. The molecule has 1 unspecified atom stereocenters. The van der Waals surface area contributed by atoms with Crippen LogP contribution in [-0.4, -0.2) is 10.1 Å². The summed E-state index contributed by atoms with van der Waals surface area (Å²) in [5, 5.41) is 9.94. The second kappa shape index (κ2) is 7.80. The summed E-state index contributed by atoms with van der Waals surface area (Å²) in [6, 6.07) is 1.93. The molecule has 0 saturated heterocycles. The van der Waals surface area contributed by atoms with Crippen molar-refractivity contribution in [2.75, 3.05) is 0 Å². The maximum Gasteiger partial charge on any atom is 0.0805 e. The lowest BCUT2D eigenvalue weighted by Crippen LogP contribution is -1.98. The zero-order valence-corrected chi connectivity index (χ0v) is 11.4. The monoisotopic (exact) mass is 285 g/mol.